The summed E-state index contributed by atoms with van der Waals surface area (Å²) in [5, 5.41) is 4.28. The lowest BCUT2D eigenvalue weighted by Crippen LogP contribution is -2.44. The quantitative estimate of drug-likeness (QED) is 0.773. The maximum Gasteiger partial charge on any atom is 0.173 e. The molecule has 0 saturated carbocycles. The number of thiocarbonyl (C=S) groups is 1. The summed E-state index contributed by atoms with van der Waals surface area (Å²) in [5.41, 5.74) is 3.64. The third-order valence-corrected chi connectivity index (χ3v) is 4.04. The van der Waals surface area contributed by atoms with E-state index in [1.165, 1.54) is 30.4 Å². The van der Waals surface area contributed by atoms with E-state index in [4.69, 9.17) is 12.2 Å². The van der Waals surface area contributed by atoms with Gasteiger partial charge in [-0.15, -0.1) is 0 Å². The van der Waals surface area contributed by atoms with Crippen LogP contribution in [0, 0.1) is 13.8 Å². The lowest BCUT2D eigenvalue weighted by molar-refractivity contribution is 0.262. The van der Waals surface area contributed by atoms with Gasteiger partial charge in [0.25, 0.3) is 0 Å². The van der Waals surface area contributed by atoms with Crippen molar-refractivity contribution < 1.29 is 0 Å². The first-order valence-electron chi connectivity index (χ1n) is 6.73. The van der Waals surface area contributed by atoms with Crippen LogP contribution >= 0.6 is 12.2 Å². The average Bonchev–Trinajstić information content (AvgIpc) is 2.34. The van der Waals surface area contributed by atoms with Crippen LogP contribution in [0.2, 0.25) is 0 Å². The Morgan fingerprint density at radius 3 is 2.83 bits per heavy atom. The fraction of sp³-hybridized carbons (Fsp3) is 0.533. The molecule has 1 aliphatic heterocycles. The zero-order chi connectivity index (χ0) is 13.1. The van der Waals surface area contributed by atoms with Crippen LogP contribution in [0.25, 0.3) is 0 Å². The highest BCUT2D eigenvalue weighted by Gasteiger charge is 2.20. The Morgan fingerprint density at radius 1 is 1.33 bits per heavy atom. The van der Waals surface area contributed by atoms with Crippen LogP contribution in [0.1, 0.15) is 37.3 Å². The Bertz CT molecular complexity index is 442. The molecule has 1 fully saturated rings. The third-order valence-electron chi connectivity index (χ3n) is 3.70. The van der Waals surface area contributed by atoms with E-state index in [0.717, 1.165) is 17.3 Å². The van der Waals surface area contributed by atoms with Crippen molar-refractivity contribution >= 4 is 23.0 Å². The van der Waals surface area contributed by atoms with Crippen molar-refractivity contribution in [1.82, 2.24) is 4.90 Å². The second kappa shape index (κ2) is 5.70. The molecule has 1 atom stereocenters. The van der Waals surface area contributed by atoms with E-state index in [1.807, 2.05) is 0 Å². The van der Waals surface area contributed by atoms with Gasteiger partial charge in [-0.3, -0.25) is 0 Å². The average molecular weight is 262 g/mol. The summed E-state index contributed by atoms with van der Waals surface area (Å²) in [7, 11) is 0. The molecule has 0 aromatic heterocycles. The van der Waals surface area contributed by atoms with Gasteiger partial charge in [0.05, 0.1) is 0 Å². The Kier molecular flexibility index (Phi) is 4.23. The molecule has 1 unspecified atom stereocenters. The van der Waals surface area contributed by atoms with Crippen molar-refractivity contribution in [2.24, 2.45) is 0 Å². The Labute approximate surface area is 115 Å². The maximum atomic E-state index is 5.55. The van der Waals surface area contributed by atoms with Crippen LogP contribution in [0.5, 0.6) is 0 Å². The topological polar surface area (TPSA) is 15.3 Å². The number of likely N-dealkylation sites (tertiary alicyclic amines) is 1. The molecule has 18 heavy (non-hydrogen) atoms. The van der Waals surface area contributed by atoms with Gasteiger partial charge in [0.1, 0.15) is 0 Å². The summed E-state index contributed by atoms with van der Waals surface area (Å²) in [6.45, 7) is 7.56. The molecule has 1 aliphatic rings. The van der Waals surface area contributed by atoms with Crippen molar-refractivity contribution in [3.63, 3.8) is 0 Å². The largest absolute Gasteiger partial charge is 0.346 e. The van der Waals surface area contributed by atoms with Gasteiger partial charge in [0.2, 0.25) is 0 Å². The molecule has 0 aliphatic carbocycles. The lowest BCUT2D eigenvalue weighted by atomic mass is 10.0. The van der Waals surface area contributed by atoms with Crippen molar-refractivity contribution in [2.75, 3.05) is 11.9 Å². The molecule has 1 aromatic rings. The SMILES string of the molecule is Cc1ccc(C)c(NC(=S)N2CCCCC2C)c1. The van der Waals surface area contributed by atoms with Gasteiger partial charge in [-0.2, -0.15) is 0 Å². The van der Waals surface area contributed by atoms with Gasteiger partial charge in [-0.1, -0.05) is 12.1 Å². The molecule has 1 saturated heterocycles. The Morgan fingerprint density at radius 2 is 2.11 bits per heavy atom. The molecular formula is C15H22N2S. The zero-order valence-corrected chi connectivity index (χ0v) is 12.3. The van der Waals surface area contributed by atoms with Gasteiger partial charge >= 0.3 is 0 Å². The highest BCUT2D eigenvalue weighted by atomic mass is 32.1. The van der Waals surface area contributed by atoms with Gasteiger partial charge in [0, 0.05) is 18.3 Å². The molecule has 1 N–H and O–H groups in total. The molecule has 2 rings (SSSR count). The number of benzene rings is 1. The summed E-state index contributed by atoms with van der Waals surface area (Å²) >= 11 is 5.55. The lowest BCUT2D eigenvalue weighted by Gasteiger charge is -2.35. The van der Waals surface area contributed by atoms with Gasteiger partial charge < -0.3 is 10.2 Å². The van der Waals surface area contributed by atoms with Crippen molar-refractivity contribution in [3.8, 4) is 0 Å². The monoisotopic (exact) mass is 262 g/mol. The van der Waals surface area contributed by atoms with Crippen LogP contribution in [0.15, 0.2) is 18.2 Å². The summed E-state index contributed by atoms with van der Waals surface area (Å²) in [5.74, 6) is 0. The van der Waals surface area contributed by atoms with Crippen molar-refractivity contribution in [3.05, 3.63) is 29.3 Å². The van der Waals surface area contributed by atoms with Gasteiger partial charge in [-0.05, 0) is 69.4 Å². The number of rotatable bonds is 1. The highest BCUT2D eigenvalue weighted by Crippen LogP contribution is 2.20. The first-order valence-corrected chi connectivity index (χ1v) is 7.13. The zero-order valence-electron chi connectivity index (χ0n) is 11.5. The molecule has 98 valence electrons. The number of hydrogen-bond acceptors (Lipinski definition) is 1. The van der Waals surface area contributed by atoms with E-state index in [0.29, 0.717) is 6.04 Å². The molecule has 1 aromatic carbocycles. The standard InChI is InChI=1S/C15H22N2S/c1-11-7-8-12(2)14(10-11)16-15(18)17-9-5-4-6-13(17)3/h7-8,10,13H,4-6,9H2,1-3H3,(H,16,18). The summed E-state index contributed by atoms with van der Waals surface area (Å²) in [6, 6.07) is 6.99. The first kappa shape index (κ1) is 13.3. The number of piperidine rings is 1. The number of hydrogen-bond donors (Lipinski definition) is 1. The van der Waals surface area contributed by atoms with Gasteiger partial charge in [-0.25, -0.2) is 0 Å². The Balaban J connectivity index is 2.08. The van der Waals surface area contributed by atoms with E-state index in [1.54, 1.807) is 0 Å². The second-order valence-corrected chi connectivity index (χ2v) is 5.67. The first-order chi connectivity index (χ1) is 8.58. The third kappa shape index (κ3) is 3.02. The fourth-order valence-corrected chi connectivity index (χ4v) is 2.84. The highest BCUT2D eigenvalue weighted by molar-refractivity contribution is 7.80. The molecular weight excluding hydrogens is 240 g/mol. The van der Waals surface area contributed by atoms with Crippen LogP contribution in [-0.4, -0.2) is 22.6 Å². The predicted molar refractivity (Wildman–Crippen MR) is 82.2 cm³/mol. The van der Waals surface area contributed by atoms with Crippen molar-refractivity contribution in [2.45, 2.75) is 46.1 Å². The minimum absolute atomic E-state index is 0.559. The Hall–Kier alpha value is -1.09. The molecule has 0 bridgehead atoms. The van der Waals surface area contributed by atoms with Crippen LogP contribution in [0.4, 0.5) is 5.69 Å². The van der Waals surface area contributed by atoms with Crippen molar-refractivity contribution in [1.29, 1.82) is 0 Å². The maximum absolute atomic E-state index is 5.55. The molecule has 0 spiro atoms. The molecule has 0 amide bonds. The van der Waals surface area contributed by atoms with Crippen LogP contribution in [-0.2, 0) is 0 Å². The normalized spacial score (nSPS) is 19.7. The van der Waals surface area contributed by atoms with Crippen LogP contribution < -0.4 is 5.32 Å². The number of anilines is 1. The van der Waals surface area contributed by atoms with E-state index >= 15 is 0 Å². The number of nitrogens with zero attached hydrogens (tertiary/aromatic N) is 1. The predicted octanol–water partition coefficient (Wildman–Crippen LogP) is 3.87. The number of nitrogens with one attached hydrogen (secondary N) is 1. The van der Waals surface area contributed by atoms with E-state index in [9.17, 15) is 0 Å². The second-order valence-electron chi connectivity index (χ2n) is 5.29. The van der Waals surface area contributed by atoms with E-state index < -0.39 is 0 Å². The smallest absolute Gasteiger partial charge is 0.173 e. The molecule has 3 heteroatoms. The molecule has 2 nitrogen and oxygen atoms in total. The van der Waals surface area contributed by atoms with Crippen LogP contribution in [0.3, 0.4) is 0 Å². The summed E-state index contributed by atoms with van der Waals surface area (Å²) < 4.78 is 0. The van der Waals surface area contributed by atoms with Gasteiger partial charge in [0.15, 0.2) is 5.11 Å². The fourth-order valence-electron chi connectivity index (χ4n) is 2.46. The molecule has 0 radical (unpaired) electrons. The summed E-state index contributed by atoms with van der Waals surface area (Å²) in [4.78, 5) is 2.32. The summed E-state index contributed by atoms with van der Waals surface area (Å²) in [6.07, 6.45) is 3.82. The minimum atomic E-state index is 0.559. The number of aryl methyl sites for hydroxylation is 2. The van der Waals surface area contributed by atoms with E-state index in [2.05, 4.69) is 49.2 Å². The molecule has 1 heterocycles. The van der Waals surface area contributed by atoms with E-state index in [-0.39, 0.29) is 0 Å². The minimum Gasteiger partial charge on any atom is -0.346 e.